The van der Waals surface area contributed by atoms with E-state index in [0.29, 0.717) is 29.2 Å². The molecular weight excluding hydrogens is 445 g/mol. The van der Waals surface area contributed by atoms with Crippen molar-refractivity contribution >= 4 is 38.8 Å². The lowest BCUT2D eigenvalue weighted by atomic mass is 9.90. The molecule has 0 unspecified atom stereocenters. The summed E-state index contributed by atoms with van der Waals surface area (Å²) in [5.74, 6) is 0.158. The number of amides is 1. The molecule has 5 rings (SSSR count). The van der Waals surface area contributed by atoms with Gasteiger partial charge in [-0.05, 0) is 54.3 Å². The van der Waals surface area contributed by atoms with Gasteiger partial charge in [0, 0.05) is 28.9 Å². The van der Waals surface area contributed by atoms with Crippen molar-refractivity contribution in [2.75, 3.05) is 13.1 Å². The molecule has 0 atom stereocenters. The minimum Gasteiger partial charge on any atom is -0.341 e. The second-order valence-corrected chi connectivity index (χ2v) is 9.95. The predicted molar refractivity (Wildman–Crippen MR) is 127 cm³/mol. The Morgan fingerprint density at radius 1 is 1.16 bits per heavy atom. The number of nitrogens with zero attached hydrogens (tertiary/aromatic N) is 3. The van der Waals surface area contributed by atoms with Gasteiger partial charge in [-0.15, -0.1) is 22.7 Å². The molecular formula is C24H22FN3O2S2. The number of halogens is 1. The molecule has 3 aromatic heterocycles. The molecule has 32 heavy (non-hydrogen) atoms. The second kappa shape index (κ2) is 8.96. The lowest BCUT2D eigenvalue weighted by Crippen LogP contribution is -2.41. The summed E-state index contributed by atoms with van der Waals surface area (Å²) in [5, 5.41) is 4.52. The minimum absolute atomic E-state index is 0.00391. The van der Waals surface area contributed by atoms with E-state index in [4.69, 9.17) is 0 Å². The van der Waals surface area contributed by atoms with Crippen molar-refractivity contribution in [3.8, 4) is 10.4 Å². The van der Waals surface area contributed by atoms with E-state index in [1.54, 1.807) is 23.5 Å². The molecule has 8 heteroatoms. The lowest BCUT2D eigenvalue weighted by Gasteiger charge is -2.32. The fourth-order valence-corrected chi connectivity index (χ4v) is 6.04. The third-order valence-corrected chi connectivity index (χ3v) is 7.82. The van der Waals surface area contributed by atoms with Crippen LogP contribution in [-0.4, -0.2) is 33.4 Å². The zero-order valence-electron chi connectivity index (χ0n) is 17.4. The monoisotopic (exact) mass is 467 g/mol. The summed E-state index contributed by atoms with van der Waals surface area (Å²) in [4.78, 5) is 34.0. The number of hydrogen-bond donors (Lipinski definition) is 0. The summed E-state index contributed by atoms with van der Waals surface area (Å²) >= 11 is 3.03. The van der Waals surface area contributed by atoms with Gasteiger partial charge in [0.1, 0.15) is 17.2 Å². The van der Waals surface area contributed by atoms with E-state index >= 15 is 0 Å². The van der Waals surface area contributed by atoms with Crippen LogP contribution in [0.3, 0.4) is 0 Å². The zero-order valence-corrected chi connectivity index (χ0v) is 19.0. The molecule has 0 spiro atoms. The van der Waals surface area contributed by atoms with E-state index in [1.807, 2.05) is 33.9 Å². The van der Waals surface area contributed by atoms with Gasteiger partial charge in [0.25, 0.3) is 5.56 Å². The van der Waals surface area contributed by atoms with Gasteiger partial charge in [0.15, 0.2) is 0 Å². The highest BCUT2D eigenvalue weighted by atomic mass is 32.1. The van der Waals surface area contributed by atoms with Gasteiger partial charge in [-0.25, -0.2) is 9.37 Å². The molecule has 1 aliphatic rings. The fraction of sp³-hybridized carbons (Fsp3) is 0.292. The number of hydrogen-bond acceptors (Lipinski definition) is 5. The van der Waals surface area contributed by atoms with Crippen molar-refractivity contribution in [2.45, 2.75) is 25.8 Å². The number of carbonyl (C=O) groups is 1. The first-order valence-corrected chi connectivity index (χ1v) is 12.4. The number of aromatic nitrogens is 2. The smallest absolute Gasteiger partial charge is 0.263 e. The Balaban J connectivity index is 1.26. The minimum atomic E-state index is -0.209. The van der Waals surface area contributed by atoms with Crippen molar-refractivity contribution in [2.24, 2.45) is 5.92 Å². The van der Waals surface area contributed by atoms with Gasteiger partial charge >= 0.3 is 0 Å². The highest BCUT2D eigenvalue weighted by Crippen LogP contribution is 2.33. The molecule has 4 heterocycles. The first kappa shape index (κ1) is 21.0. The van der Waals surface area contributed by atoms with E-state index in [-0.39, 0.29) is 23.8 Å². The Kier molecular flexibility index (Phi) is 5.89. The summed E-state index contributed by atoms with van der Waals surface area (Å²) in [5.41, 5.74) is 1.71. The Bertz CT molecular complexity index is 1300. The number of thiophene rings is 2. The Morgan fingerprint density at radius 3 is 2.75 bits per heavy atom. The average molecular weight is 468 g/mol. The van der Waals surface area contributed by atoms with E-state index in [2.05, 4.69) is 4.98 Å². The topological polar surface area (TPSA) is 55.2 Å². The first-order chi connectivity index (χ1) is 15.6. The molecule has 0 radical (unpaired) electrons. The molecule has 1 saturated heterocycles. The van der Waals surface area contributed by atoms with Crippen LogP contribution in [0.15, 0.2) is 58.3 Å². The van der Waals surface area contributed by atoms with Gasteiger partial charge in [0.05, 0.1) is 11.7 Å². The molecule has 4 aromatic rings. The lowest BCUT2D eigenvalue weighted by molar-refractivity contribution is -0.133. The normalized spacial score (nSPS) is 14.8. The van der Waals surface area contributed by atoms with E-state index in [9.17, 15) is 14.0 Å². The summed E-state index contributed by atoms with van der Waals surface area (Å²) < 4.78 is 14.8. The standard InChI is InChI=1S/C24H22FN3O2S2/c25-18-4-1-3-17(12-18)11-16-6-8-27(9-7-16)21(29)13-28-15-26-23-22(24(28)30)19(14-32-23)20-5-2-10-31-20/h1-5,10,12,14-16H,6-9,11,13H2. The average Bonchev–Trinajstić information content (AvgIpc) is 3.46. The van der Waals surface area contributed by atoms with Crippen LogP contribution in [0.25, 0.3) is 20.7 Å². The van der Waals surface area contributed by atoms with E-state index in [1.165, 1.54) is 28.3 Å². The van der Waals surface area contributed by atoms with Crippen LogP contribution in [0.1, 0.15) is 18.4 Å². The van der Waals surface area contributed by atoms with E-state index in [0.717, 1.165) is 35.3 Å². The molecule has 164 valence electrons. The summed E-state index contributed by atoms with van der Waals surface area (Å²) in [6.45, 7) is 1.31. The van der Waals surface area contributed by atoms with Gasteiger partial charge in [-0.1, -0.05) is 18.2 Å². The maximum Gasteiger partial charge on any atom is 0.263 e. The zero-order chi connectivity index (χ0) is 22.1. The quantitative estimate of drug-likeness (QED) is 0.423. The molecule has 0 saturated carbocycles. The van der Waals surface area contributed by atoms with Crippen LogP contribution in [0.4, 0.5) is 4.39 Å². The van der Waals surface area contributed by atoms with Gasteiger partial charge in [-0.2, -0.15) is 0 Å². The predicted octanol–water partition coefficient (Wildman–Crippen LogP) is 4.81. The van der Waals surface area contributed by atoms with Crippen molar-refractivity contribution in [1.29, 1.82) is 0 Å². The Hall–Kier alpha value is -2.84. The number of carbonyl (C=O) groups excluding carboxylic acids is 1. The molecule has 5 nitrogen and oxygen atoms in total. The third-order valence-electron chi connectivity index (χ3n) is 6.03. The van der Waals surface area contributed by atoms with Crippen molar-refractivity contribution in [3.05, 3.63) is 75.2 Å². The van der Waals surface area contributed by atoms with Crippen molar-refractivity contribution in [3.63, 3.8) is 0 Å². The highest BCUT2D eigenvalue weighted by molar-refractivity contribution is 7.18. The molecule has 1 aliphatic heterocycles. The van der Waals surface area contributed by atoms with Crippen LogP contribution < -0.4 is 5.56 Å². The number of fused-ring (bicyclic) bond motifs is 1. The molecule has 1 aromatic carbocycles. The molecule has 0 aliphatic carbocycles. The van der Waals surface area contributed by atoms with Crippen LogP contribution in [0.5, 0.6) is 0 Å². The Labute approximate surface area is 192 Å². The number of benzene rings is 1. The maximum absolute atomic E-state index is 13.4. The summed E-state index contributed by atoms with van der Waals surface area (Å²) in [7, 11) is 0. The number of likely N-dealkylation sites (tertiary alicyclic amines) is 1. The van der Waals surface area contributed by atoms with Crippen molar-refractivity contribution < 1.29 is 9.18 Å². The summed E-state index contributed by atoms with van der Waals surface area (Å²) in [6.07, 6.45) is 4.06. The van der Waals surface area contributed by atoms with Gasteiger partial charge < -0.3 is 4.90 Å². The number of rotatable bonds is 5. The van der Waals surface area contributed by atoms with E-state index < -0.39 is 0 Å². The van der Waals surface area contributed by atoms with Gasteiger partial charge in [0.2, 0.25) is 5.91 Å². The second-order valence-electron chi connectivity index (χ2n) is 8.14. The van der Waals surface area contributed by atoms with Crippen LogP contribution in [0, 0.1) is 11.7 Å². The SMILES string of the molecule is O=C(Cn1cnc2scc(-c3cccs3)c2c1=O)N1CCC(Cc2cccc(F)c2)CC1. The third kappa shape index (κ3) is 4.25. The molecule has 0 N–H and O–H groups in total. The maximum atomic E-state index is 13.4. The van der Waals surface area contributed by atoms with Crippen LogP contribution in [-0.2, 0) is 17.8 Å². The highest BCUT2D eigenvalue weighted by Gasteiger charge is 2.24. The largest absolute Gasteiger partial charge is 0.341 e. The van der Waals surface area contributed by atoms with Crippen molar-refractivity contribution in [1.82, 2.24) is 14.5 Å². The molecule has 0 bridgehead atoms. The number of piperidine rings is 1. The van der Waals surface area contributed by atoms with Crippen LogP contribution in [0.2, 0.25) is 0 Å². The first-order valence-electron chi connectivity index (χ1n) is 10.6. The summed E-state index contributed by atoms with van der Waals surface area (Å²) in [6, 6.07) is 10.7. The Morgan fingerprint density at radius 2 is 2.00 bits per heavy atom. The van der Waals surface area contributed by atoms with Crippen LogP contribution >= 0.6 is 22.7 Å². The molecule has 1 fully saturated rings. The molecule has 1 amide bonds. The fourth-order valence-electron chi connectivity index (χ4n) is 4.32. The van der Waals surface area contributed by atoms with Gasteiger partial charge in [-0.3, -0.25) is 14.2 Å².